The third-order valence-electron chi connectivity index (χ3n) is 4.83. The Labute approximate surface area is 153 Å². The predicted octanol–water partition coefficient (Wildman–Crippen LogP) is 4.06. The highest BCUT2D eigenvalue weighted by molar-refractivity contribution is 7.73. The lowest BCUT2D eigenvalue weighted by Crippen LogP contribution is -2.25. The fraction of sp³-hybridized carbons (Fsp3) is 0.136. The fourth-order valence-electron chi connectivity index (χ4n) is 3.09. The van der Waals surface area contributed by atoms with Gasteiger partial charge in [-0.25, -0.2) is 0 Å². The maximum Gasteiger partial charge on any atom is 0.259 e. The summed E-state index contributed by atoms with van der Waals surface area (Å²) in [6.07, 6.45) is 0. The van der Waals surface area contributed by atoms with Gasteiger partial charge < -0.3 is 4.89 Å². The molecule has 0 spiro atoms. The minimum Gasteiger partial charge on any atom is -0.338 e. The number of hydrogen-bond acceptors (Lipinski definition) is 2. The minimum absolute atomic E-state index is 0.207. The van der Waals surface area contributed by atoms with Crippen LogP contribution in [-0.2, 0) is 4.57 Å². The second kappa shape index (κ2) is 7.03. The van der Waals surface area contributed by atoms with Crippen LogP contribution < -0.4 is 10.6 Å². The van der Waals surface area contributed by atoms with Crippen molar-refractivity contribution >= 4 is 23.8 Å². The van der Waals surface area contributed by atoms with Gasteiger partial charge in [-0.1, -0.05) is 48.5 Å². The van der Waals surface area contributed by atoms with Crippen LogP contribution in [0.25, 0.3) is 0 Å². The first-order valence-corrected chi connectivity index (χ1v) is 10.1. The molecule has 3 aromatic rings. The molecule has 1 unspecified atom stereocenters. The molecule has 4 heteroatoms. The molecule has 0 radical (unpaired) electrons. The summed E-state index contributed by atoms with van der Waals surface area (Å²) >= 11 is 0. The molecule has 3 rings (SSSR count). The van der Waals surface area contributed by atoms with E-state index in [0.717, 1.165) is 16.7 Å². The van der Waals surface area contributed by atoms with Gasteiger partial charge in [0.05, 0.1) is 5.30 Å². The number of ketones is 1. The van der Waals surface area contributed by atoms with Crippen LogP contribution in [0.3, 0.4) is 0 Å². The molecule has 0 aliphatic heterocycles. The average Bonchev–Trinajstić information content (AvgIpc) is 2.66. The smallest absolute Gasteiger partial charge is 0.259 e. The zero-order valence-electron chi connectivity index (χ0n) is 15.1. The lowest BCUT2D eigenvalue weighted by Gasteiger charge is -2.20. The van der Waals surface area contributed by atoms with Gasteiger partial charge in [-0.2, -0.15) is 0 Å². The molecular formula is C22H21O3P. The Balaban J connectivity index is 2.30. The SMILES string of the molecule is Cc1cc(P(=O)(O)c2ccccc2)c(C(=O)c2ccccc2)c(C)c1C. The highest BCUT2D eigenvalue weighted by Gasteiger charge is 2.32. The van der Waals surface area contributed by atoms with Crippen molar-refractivity contribution in [1.29, 1.82) is 0 Å². The molecule has 0 saturated carbocycles. The number of carbonyl (C=O) groups excluding carboxylic acids is 1. The van der Waals surface area contributed by atoms with Crippen molar-refractivity contribution in [3.8, 4) is 0 Å². The van der Waals surface area contributed by atoms with E-state index in [2.05, 4.69) is 0 Å². The van der Waals surface area contributed by atoms with Crippen molar-refractivity contribution in [3.05, 3.63) is 94.5 Å². The Morgan fingerprint density at radius 3 is 1.96 bits per heavy atom. The normalized spacial score (nSPS) is 13.2. The van der Waals surface area contributed by atoms with Crippen LogP contribution >= 0.6 is 7.37 Å². The maximum atomic E-state index is 13.4. The summed E-state index contributed by atoms with van der Waals surface area (Å²) < 4.78 is 13.4. The van der Waals surface area contributed by atoms with E-state index in [1.807, 2.05) is 26.8 Å². The van der Waals surface area contributed by atoms with Gasteiger partial charge in [0, 0.05) is 16.4 Å². The summed E-state index contributed by atoms with van der Waals surface area (Å²) in [7, 11) is -3.90. The molecule has 0 amide bonds. The topological polar surface area (TPSA) is 54.4 Å². The molecule has 3 nitrogen and oxygen atoms in total. The molecule has 0 aromatic heterocycles. The largest absolute Gasteiger partial charge is 0.338 e. The molecule has 1 N–H and O–H groups in total. The lowest BCUT2D eigenvalue weighted by atomic mass is 9.93. The fourth-order valence-corrected chi connectivity index (χ4v) is 4.88. The summed E-state index contributed by atoms with van der Waals surface area (Å²) in [4.78, 5) is 24.2. The van der Waals surface area contributed by atoms with Crippen molar-refractivity contribution in [1.82, 2.24) is 0 Å². The molecule has 0 bridgehead atoms. The monoisotopic (exact) mass is 364 g/mol. The van der Waals surface area contributed by atoms with Gasteiger partial charge in [-0.3, -0.25) is 9.36 Å². The number of hydrogen-bond donors (Lipinski definition) is 1. The van der Waals surface area contributed by atoms with Crippen LogP contribution in [-0.4, -0.2) is 10.7 Å². The molecule has 0 heterocycles. The summed E-state index contributed by atoms with van der Waals surface area (Å²) in [5.74, 6) is -0.230. The Bertz CT molecular complexity index is 1010. The van der Waals surface area contributed by atoms with Crippen LogP contribution in [0.1, 0.15) is 32.6 Å². The van der Waals surface area contributed by atoms with E-state index in [9.17, 15) is 14.3 Å². The zero-order valence-corrected chi connectivity index (χ0v) is 16.0. The highest BCUT2D eigenvalue weighted by atomic mass is 31.2. The van der Waals surface area contributed by atoms with E-state index in [4.69, 9.17) is 0 Å². The summed E-state index contributed by atoms with van der Waals surface area (Å²) in [5, 5.41) is 0.530. The number of benzene rings is 3. The molecule has 0 aliphatic rings. The van der Waals surface area contributed by atoms with Gasteiger partial charge in [0.25, 0.3) is 7.37 Å². The molecule has 0 fully saturated rings. The Hall–Kier alpha value is -2.48. The van der Waals surface area contributed by atoms with E-state index in [1.54, 1.807) is 60.7 Å². The average molecular weight is 364 g/mol. The molecule has 26 heavy (non-hydrogen) atoms. The Morgan fingerprint density at radius 1 is 0.846 bits per heavy atom. The minimum atomic E-state index is -3.90. The van der Waals surface area contributed by atoms with E-state index in [-0.39, 0.29) is 11.1 Å². The van der Waals surface area contributed by atoms with Crippen LogP contribution in [0.4, 0.5) is 0 Å². The summed E-state index contributed by atoms with van der Waals surface area (Å²) in [5.41, 5.74) is 3.44. The quantitative estimate of drug-likeness (QED) is 0.561. The van der Waals surface area contributed by atoms with Crippen molar-refractivity contribution in [2.75, 3.05) is 0 Å². The maximum absolute atomic E-state index is 13.4. The molecule has 0 aliphatic carbocycles. The molecule has 1 atom stereocenters. The number of carbonyl (C=O) groups is 1. The standard InChI is InChI=1S/C22H21O3P/c1-15-14-20(26(24,25)19-12-8-5-9-13-19)21(17(3)16(15)2)22(23)18-10-6-4-7-11-18/h4-14H,1-3H3,(H,24,25). The van der Waals surface area contributed by atoms with Crippen molar-refractivity contribution in [3.63, 3.8) is 0 Å². The van der Waals surface area contributed by atoms with E-state index in [1.165, 1.54) is 0 Å². The first-order chi connectivity index (χ1) is 12.3. The van der Waals surface area contributed by atoms with Crippen LogP contribution in [0, 0.1) is 20.8 Å². The Morgan fingerprint density at radius 2 is 1.38 bits per heavy atom. The number of rotatable bonds is 4. The molecule has 0 saturated heterocycles. The first kappa shape index (κ1) is 18.3. The lowest BCUT2D eigenvalue weighted by molar-refractivity contribution is 0.103. The second-order valence-electron chi connectivity index (χ2n) is 6.44. The van der Waals surface area contributed by atoms with Gasteiger partial charge in [0.2, 0.25) is 0 Å². The van der Waals surface area contributed by atoms with Gasteiger partial charge in [-0.05, 0) is 55.7 Å². The first-order valence-electron chi connectivity index (χ1n) is 8.43. The zero-order chi connectivity index (χ0) is 18.9. The van der Waals surface area contributed by atoms with E-state index < -0.39 is 7.37 Å². The van der Waals surface area contributed by atoms with E-state index >= 15 is 0 Å². The molecule has 132 valence electrons. The molecular weight excluding hydrogens is 343 g/mol. The molecule has 3 aromatic carbocycles. The summed E-state index contributed by atoms with van der Waals surface area (Å²) in [6.45, 7) is 5.67. The van der Waals surface area contributed by atoms with Gasteiger partial charge in [0.15, 0.2) is 5.78 Å². The van der Waals surface area contributed by atoms with Crippen molar-refractivity contribution < 1.29 is 14.3 Å². The third-order valence-corrected chi connectivity index (χ3v) is 6.84. The van der Waals surface area contributed by atoms with Crippen LogP contribution in [0.2, 0.25) is 0 Å². The van der Waals surface area contributed by atoms with Crippen LogP contribution in [0.5, 0.6) is 0 Å². The predicted molar refractivity (Wildman–Crippen MR) is 106 cm³/mol. The van der Waals surface area contributed by atoms with Gasteiger partial charge >= 0.3 is 0 Å². The van der Waals surface area contributed by atoms with Gasteiger partial charge in [-0.15, -0.1) is 0 Å². The highest BCUT2D eigenvalue weighted by Crippen LogP contribution is 2.41. The number of aryl methyl sites for hydroxylation is 1. The summed E-state index contributed by atoms with van der Waals surface area (Å²) in [6, 6.07) is 19.1. The van der Waals surface area contributed by atoms with Crippen molar-refractivity contribution in [2.24, 2.45) is 0 Å². The van der Waals surface area contributed by atoms with Gasteiger partial charge in [0.1, 0.15) is 0 Å². The third kappa shape index (κ3) is 3.16. The Kier molecular flexibility index (Phi) is 4.95. The van der Waals surface area contributed by atoms with Crippen LogP contribution in [0.15, 0.2) is 66.7 Å². The van der Waals surface area contributed by atoms with E-state index in [0.29, 0.717) is 16.4 Å². The van der Waals surface area contributed by atoms with Crippen molar-refractivity contribution in [2.45, 2.75) is 20.8 Å². The second-order valence-corrected chi connectivity index (χ2v) is 8.59.